The van der Waals surface area contributed by atoms with Gasteiger partial charge >= 0.3 is 0 Å². The van der Waals surface area contributed by atoms with E-state index in [1.165, 1.54) is 18.0 Å². The molecule has 6 heteroatoms. The van der Waals surface area contributed by atoms with Gasteiger partial charge in [-0.1, -0.05) is 35.1 Å². The molecular weight excluding hydrogens is 248 g/mol. The number of nitrogens with zero attached hydrogens (tertiary/aromatic N) is 3. The van der Waals surface area contributed by atoms with Crippen LogP contribution in [0.15, 0.2) is 51.7 Å². The summed E-state index contributed by atoms with van der Waals surface area (Å²) in [6.45, 7) is 2.02. The number of rotatable bonds is 3. The first-order valence-corrected chi connectivity index (χ1v) is 6.06. The van der Waals surface area contributed by atoms with Crippen molar-refractivity contribution in [3.05, 3.63) is 47.9 Å². The third-order valence-corrected chi connectivity index (χ3v) is 3.49. The van der Waals surface area contributed by atoms with E-state index in [1.54, 1.807) is 6.20 Å². The van der Waals surface area contributed by atoms with Crippen molar-refractivity contribution in [2.24, 2.45) is 10.9 Å². The van der Waals surface area contributed by atoms with E-state index in [-0.39, 0.29) is 5.84 Å². The zero-order valence-corrected chi connectivity index (χ0v) is 10.6. The first-order valence-electron chi connectivity index (χ1n) is 5.24. The second-order valence-electron chi connectivity index (χ2n) is 3.56. The van der Waals surface area contributed by atoms with Crippen molar-refractivity contribution in [1.29, 1.82) is 0 Å². The molecule has 0 aliphatic carbocycles. The third-order valence-electron chi connectivity index (χ3n) is 2.32. The predicted octanol–water partition coefficient (Wildman–Crippen LogP) is 2.03. The van der Waals surface area contributed by atoms with Gasteiger partial charge in [0.05, 0.1) is 0 Å². The molecule has 0 aliphatic heterocycles. The van der Waals surface area contributed by atoms with Crippen LogP contribution < -0.4 is 5.73 Å². The molecule has 0 spiro atoms. The molecule has 0 atom stereocenters. The Labute approximate surface area is 109 Å². The van der Waals surface area contributed by atoms with Crippen LogP contribution in [0, 0.1) is 6.92 Å². The fraction of sp³-hybridized carbons (Fsp3) is 0.0833. The van der Waals surface area contributed by atoms with Crippen LogP contribution in [0.1, 0.15) is 11.3 Å². The number of oxime groups is 1. The molecule has 92 valence electrons. The molecule has 2 rings (SSSR count). The van der Waals surface area contributed by atoms with Crippen LogP contribution in [0.3, 0.4) is 0 Å². The molecule has 0 bridgehead atoms. The smallest absolute Gasteiger partial charge is 0.191 e. The predicted molar refractivity (Wildman–Crippen MR) is 69.8 cm³/mol. The first kappa shape index (κ1) is 12.4. The molecule has 1 aromatic heterocycles. The van der Waals surface area contributed by atoms with Crippen LogP contribution in [0.25, 0.3) is 0 Å². The standard InChI is InChI=1S/C12H12N4OS/c1-8-4-2-3-5-9(8)18-12-10(11(13)16-17)14-6-7-15-12/h2-7,17H,1H3,(H2,13,16). The molecule has 5 nitrogen and oxygen atoms in total. The Morgan fingerprint density at radius 1 is 1.28 bits per heavy atom. The number of aryl methyl sites for hydroxylation is 1. The molecule has 3 N–H and O–H groups in total. The van der Waals surface area contributed by atoms with E-state index < -0.39 is 0 Å². The summed E-state index contributed by atoms with van der Waals surface area (Å²) in [4.78, 5) is 9.35. The average molecular weight is 260 g/mol. The van der Waals surface area contributed by atoms with Crippen molar-refractivity contribution in [3.63, 3.8) is 0 Å². The Balaban J connectivity index is 2.38. The van der Waals surface area contributed by atoms with E-state index in [1.807, 2.05) is 31.2 Å². The van der Waals surface area contributed by atoms with Gasteiger partial charge in [0.1, 0.15) is 10.7 Å². The summed E-state index contributed by atoms with van der Waals surface area (Å²) >= 11 is 1.44. The normalized spacial score (nSPS) is 11.5. The SMILES string of the molecule is Cc1ccccc1Sc1nccnc1C(N)=NO. The minimum absolute atomic E-state index is 0.0424. The van der Waals surface area contributed by atoms with Gasteiger partial charge in [-0.3, -0.25) is 0 Å². The highest BCUT2D eigenvalue weighted by Gasteiger charge is 2.12. The highest BCUT2D eigenvalue weighted by Crippen LogP contribution is 2.29. The maximum Gasteiger partial charge on any atom is 0.191 e. The summed E-state index contributed by atoms with van der Waals surface area (Å²) in [5.41, 5.74) is 7.09. The van der Waals surface area contributed by atoms with Gasteiger partial charge in [0.15, 0.2) is 5.84 Å². The van der Waals surface area contributed by atoms with E-state index in [0.717, 1.165) is 10.5 Å². The molecule has 0 amide bonds. The average Bonchev–Trinajstić information content (AvgIpc) is 2.41. The van der Waals surface area contributed by atoms with Crippen LogP contribution in [0.4, 0.5) is 0 Å². The Kier molecular flexibility index (Phi) is 3.78. The summed E-state index contributed by atoms with van der Waals surface area (Å²) in [6.07, 6.45) is 3.09. The van der Waals surface area contributed by atoms with E-state index in [2.05, 4.69) is 15.1 Å². The van der Waals surface area contributed by atoms with Gasteiger partial charge < -0.3 is 10.9 Å². The van der Waals surface area contributed by atoms with Gasteiger partial charge in [0, 0.05) is 17.3 Å². The van der Waals surface area contributed by atoms with Gasteiger partial charge in [-0.05, 0) is 18.6 Å². The molecule has 0 radical (unpaired) electrons. The Bertz CT molecular complexity index is 586. The van der Waals surface area contributed by atoms with Crippen LogP contribution in [0.5, 0.6) is 0 Å². The summed E-state index contributed by atoms with van der Waals surface area (Å²) in [6, 6.07) is 7.93. The number of hydrogen-bond acceptors (Lipinski definition) is 5. The van der Waals surface area contributed by atoms with E-state index in [9.17, 15) is 0 Å². The quantitative estimate of drug-likeness (QED) is 0.382. The van der Waals surface area contributed by atoms with Crippen LogP contribution in [-0.2, 0) is 0 Å². The van der Waals surface area contributed by atoms with Crippen LogP contribution in [-0.4, -0.2) is 21.0 Å². The van der Waals surface area contributed by atoms with Crippen molar-refractivity contribution < 1.29 is 5.21 Å². The molecule has 1 heterocycles. The third kappa shape index (κ3) is 2.60. The van der Waals surface area contributed by atoms with Gasteiger partial charge in [-0.15, -0.1) is 0 Å². The minimum atomic E-state index is -0.0424. The van der Waals surface area contributed by atoms with Crippen molar-refractivity contribution in [3.8, 4) is 0 Å². The zero-order chi connectivity index (χ0) is 13.0. The van der Waals surface area contributed by atoms with Crippen molar-refractivity contribution >= 4 is 17.6 Å². The van der Waals surface area contributed by atoms with Gasteiger partial charge in [0.25, 0.3) is 0 Å². The fourth-order valence-electron chi connectivity index (χ4n) is 1.40. The van der Waals surface area contributed by atoms with Crippen LogP contribution >= 0.6 is 11.8 Å². The molecule has 0 fully saturated rings. The van der Waals surface area contributed by atoms with Gasteiger partial charge in [-0.2, -0.15) is 0 Å². The van der Waals surface area contributed by atoms with Crippen LogP contribution in [0.2, 0.25) is 0 Å². The lowest BCUT2D eigenvalue weighted by Crippen LogP contribution is -2.16. The largest absolute Gasteiger partial charge is 0.409 e. The molecule has 1 aromatic carbocycles. The van der Waals surface area contributed by atoms with Gasteiger partial charge in [0.2, 0.25) is 0 Å². The lowest BCUT2D eigenvalue weighted by Gasteiger charge is -2.07. The number of aromatic nitrogens is 2. The molecule has 0 unspecified atom stereocenters. The minimum Gasteiger partial charge on any atom is -0.409 e. The topological polar surface area (TPSA) is 84.4 Å². The molecule has 18 heavy (non-hydrogen) atoms. The molecule has 0 aliphatic rings. The Morgan fingerprint density at radius 2 is 2.00 bits per heavy atom. The van der Waals surface area contributed by atoms with Gasteiger partial charge in [-0.25, -0.2) is 9.97 Å². The first-order chi connectivity index (χ1) is 8.72. The van der Waals surface area contributed by atoms with E-state index in [4.69, 9.17) is 10.9 Å². The lowest BCUT2D eigenvalue weighted by atomic mass is 10.2. The summed E-state index contributed by atoms with van der Waals surface area (Å²) in [5.74, 6) is -0.0424. The Hall–Kier alpha value is -2.08. The zero-order valence-electron chi connectivity index (χ0n) is 9.74. The highest BCUT2D eigenvalue weighted by atomic mass is 32.2. The molecular formula is C12H12N4OS. The number of amidine groups is 1. The molecule has 0 saturated heterocycles. The van der Waals surface area contributed by atoms with Crippen molar-refractivity contribution in [1.82, 2.24) is 9.97 Å². The monoisotopic (exact) mass is 260 g/mol. The number of nitrogens with two attached hydrogens (primary N) is 1. The second-order valence-corrected chi connectivity index (χ2v) is 4.59. The van der Waals surface area contributed by atoms with E-state index >= 15 is 0 Å². The van der Waals surface area contributed by atoms with E-state index in [0.29, 0.717) is 10.7 Å². The fourth-order valence-corrected chi connectivity index (χ4v) is 2.35. The summed E-state index contributed by atoms with van der Waals surface area (Å²) in [7, 11) is 0. The summed E-state index contributed by atoms with van der Waals surface area (Å²) in [5, 5.41) is 12.3. The highest BCUT2D eigenvalue weighted by molar-refractivity contribution is 7.99. The number of benzene rings is 1. The Morgan fingerprint density at radius 3 is 2.72 bits per heavy atom. The van der Waals surface area contributed by atoms with Crippen molar-refractivity contribution in [2.75, 3.05) is 0 Å². The molecule has 0 saturated carbocycles. The summed E-state index contributed by atoms with van der Waals surface area (Å²) < 4.78 is 0. The van der Waals surface area contributed by atoms with Crippen molar-refractivity contribution in [2.45, 2.75) is 16.8 Å². The maximum absolute atomic E-state index is 8.72. The number of hydrogen-bond donors (Lipinski definition) is 2. The second kappa shape index (κ2) is 5.50. The molecule has 2 aromatic rings. The lowest BCUT2D eigenvalue weighted by molar-refractivity contribution is 0.318. The maximum atomic E-state index is 8.72.